The van der Waals surface area contributed by atoms with Gasteiger partial charge in [0, 0.05) is 26.2 Å². The van der Waals surface area contributed by atoms with Gasteiger partial charge in [-0.05, 0) is 24.0 Å². The predicted molar refractivity (Wildman–Crippen MR) is 113 cm³/mol. The number of hydrogen-bond donors (Lipinski definition) is 0. The molecule has 2 aliphatic rings. The number of carbonyl (C=O) groups excluding carboxylic acids is 1. The Hall–Kier alpha value is -2.29. The molecule has 2 aromatic carbocycles. The Morgan fingerprint density at radius 2 is 1.64 bits per heavy atom. The third-order valence-corrected chi connectivity index (χ3v) is 7.22. The van der Waals surface area contributed by atoms with Crippen LogP contribution in [0.2, 0.25) is 0 Å². The Balaban J connectivity index is 1.36. The van der Waals surface area contributed by atoms with Crippen LogP contribution in [0.15, 0.2) is 60.7 Å². The van der Waals surface area contributed by atoms with E-state index in [0.29, 0.717) is 5.75 Å². The van der Waals surface area contributed by atoms with Crippen LogP contribution in [-0.4, -0.2) is 47.6 Å². The van der Waals surface area contributed by atoms with E-state index in [1.165, 1.54) is 5.56 Å². The molecule has 1 unspecified atom stereocenters. The van der Waals surface area contributed by atoms with Gasteiger partial charge in [-0.25, -0.2) is 0 Å². The van der Waals surface area contributed by atoms with Crippen LogP contribution < -0.4 is 0 Å². The molecule has 4 rings (SSSR count). The van der Waals surface area contributed by atoms with Crippen LogP contribution in [0.25, 0.3) is 0 Å². The highest BCUT2D eigenvalue weighted by atomic mass is 32.2. The van der Waals surface area contributed by atoms with E-state index in [9.17, 15) is 10.1 Å². The van der Waals surface area contributed by atoms with Gasteiger partial charge in [-0.15, -0.1) is 11.8 Å². The average Bonchev–Trinajstić information content (AvgIpc) is 3.14. The number of nitrogens with zero attached hydrogens (tertiary/aromatic N) is 3. The summed E-state index contributed by atoms with van der Waals surface area (Å²) in [5, 5.41) is 9.98. The summed E-state index contributed by atoms with van der Waals surface area (Å²) in [7, 11) is 0. The van der Waals surface area contributed by atoms with Gasteiger partial charge in [0.25, 0.3) is 0 Å². The largest absolute Gasteiger partial charge is 0.325 e. The standard InChI is InChI=1S/C23H25N3OS/c24-18-23(20-9-5-2-6-10-20)11-13-25(14-12-23)15-16-26-21(27)17-28-22(26)19-7-3-1-4-8-19/h1-10,22H,11-17H2. The van der Waals surface area contributed by atoms with Crippen molar-refractivity contribution in [1.29, 1.82) is 5.26 Å². The minimum Gasteiger partial charge on any atom is -0.325 e. The molecular weight excluding hydrogens is 366 g/mol. The maximum Gasteiger partial charge on any atom is 0.233 e. The molecule has 2 fully saturated rings. The van der Waals surface area contributed by atoms with E-state index in [1.807, 2.05) is 41.3 Å². The van der Waals surface area contributed by atoms with Gasteiger partial charge in [-0.3, -0.25) is 4.79 Å². The van der Waals surface area contributed by atoms with E-state index in [2.05, 4.69) is 35.2 Å². The molecule has 0 saturated carbocycles. The van der Waals surface area contributed by atoms with E-state index in [0.717, 1.165) is 44.6 Å². The van der Waals surface area contributed by atoms with Gasteiger partial charge in [0.2, 0.25) is 5.91 Å². The van der Waals surface area contributed by atoms with Crippen molar-refractivity contribution in [3.8, 4) is 6.07 Å². The molecule has 2 heterocycles. The zero-order chi connectivity index (χ0) is 19.4. The topological polar surface area (TPSA) is 47.3 Å². The van der Waals surface area contributed by atoms with Crippen LogP contribution >= 0.6 is 11.8 Å². The lowest BCUT2D eigenvalue weighted by molar-refractivity contribution is -0.128. The minimum absolute atomic E-state index is 0.126. The van der Waals surface area contributed by atoms with Crippen molar-refractivity contribution < 1.29 is 4.79 Å². The molecule has 0 aromatic heterocycles. The number of rotatable bonds is 5. The summed E-state index contributed by atoms with van der Waals surface area (Å²) >= 11 is 1.71. The Morgan fingerprint density at radius 3 is 2.29 bits per heavy atom. The fourth-order valence-electron chi connectivity index (χ4n) is 4.22. The summed E-state index contributed by atoms with van der Waals surface area (Å²) in [5.74, 6) is 0.789. The summed E-state index contributed by atoms with van der Waals surface area (Å²) in [6, 6.07) is 23.1. The zero-order valence-corrected chi connectivity index (χ0v) is 16.8. The quantitative estimate of drug-likeness (QED) is 0.777. The molecule has 0 spiro atoms. The molecule has 4 nitrogen and oxygen atoms in total. The Labute approximate surface area is 171 Å². The molecule has 1 amide bonds. The molecule has 1 atom stereocenters. The Morgan fingerprint density at radius 1 is 1.00 bits per heavy atom. The number of benzene rings is 2. The van der Waals surface area contributed by atoms with Crippen LogP contribution in [0.4, 0.5) is 0 Å². The van der Waals surface area contributed by atoms with Crippen molar-refractivity contribution in [2.45, 2.75) is 23.6 Å². The highest BCUT2D eigenvalue weighted by Crippen LogP contribution is 2.39. The van der Waals surface area contributed by atoms with Crippen molar-refractivity contribution >= 4 is 17.7 Å². The summed E-state index contributed by atoms with van der Waals surface area (Å²) < 4.78 is 0. The second kappa shape index (κ2) is 8.38. The maximum absolute atomic E-state index is 12.4. The molecular formula is C23H25N3OS. The molecule has 28 heavy (non-hydrogen) atoms. The lowest BCUT2D eigenvalue weighted by atomic mass is 9.74. The summed E-state index contributed by atoms with van der Waals surface area (Å²) in [6.45, 7) is 3.41. The van der Waals surface area contributed by atoms with Crippen LogP contribution in [0.5, 0.6) is 0 Å². The first kappa shape index (κ1) is 19.0. The first-order valence-corrected chi connectivity index (χ1v) is 10.9. The van der Waals surface area contributed by atoms with E-state index in [-0.39, 0.29) is 16.7 Å². The van der Waals surface area contributed by atoms with Gasteiger partial charge in [0.15, 0.2) is 0 Å². The number of nitriles is 1. The number of amides is 1. The number of likely N-dealkylation sites (tertiary alicyclic amines) is 1. The number of piperidine rings is 1. The Bertz CT molecular complexity index is 841. The molecule has 0 radical (unpaired) electrons. The monoisotopic (exact) mass is 391 g/mol. The molecule has 144 valence electrons. The maximum atomic E-state index is 12.4. The van der Waals surface area contributed by atoms with Crippen molar-refractivity contribution in [1.82, 2.24) is 9.80 Å². The molecule has 0 N–H and O–H groups in total. The third kappa shape index (κ3) is 3.80. The smallest absolute Gasteiger partial charge is 0.233 e. The molecule has 2 aliphatic heterocycles. The van der Waals surface area contributed by atoms with E-state index < -0.39 is 0 Å². The first-order chi connectivity index (χ1) is 13.7. The van der Waals surface area contributed by atoms with Crippen LogP contribution in [0.3, 0.4) is 0 Å². The first-order valence-electron chi connectivity index (χ1n) is 9.87. The van der Waals surface area contributed by atoms with Crippen LogP contribution in [-0.2, 0) is 10.2 Å². The minimum atomic E-state index is -0.371. The lowest BCUT2D eigenvalue weighted by Crippen LogP contribution is -2.45. The molecule has 2 aromatic rings. The van der Waals surface area contributed by atoms with Crippen LogP contribution in [0.1, 0.15) is 29.3 Å². The van der Waals surface area contributed by atoms with Crippen LogP contribution in [0, 0.1) is 11.3 Å². The molecule has 0 bridgehead atoms. The van der Waals surface area contributed by atoms with Gasteiger partial charge < -0.3 is 9.80 Å². The van der Waals surface area contributed by atoms with E-state index in [4.69, 9.17) is 0 Å². The van der Waals surface area contributed by atoms with Gasteiger partial charge in [0.1, 0.15) is 5.37 Å². The summed E-state index contributed by atoms with van der Waals surface area (Å²) in [4.78, 5) is 16.8. The fourth-order valence-corrected chi connectivity index (χ4v) is 5.44. The van der Waals surface area contributed by atoms with Gasteiger partial charge in [-0.1, -0.05) is 60.7 Å². The fraction of sp³-hybridized carbons (Fsp3) is 0.391. The van der Waals surface area contributed by atoms with Crippen molar-refractivity contribution in [3.05, 3.63) is 71.8 Å². The van der Waals surface area contributed by atoms with Gasteiger partial charge in [0.05, 0.1) is 17.2 Å². The number of thioether (sulfide) groups is 1. The van der Waals surface area contributed by atoms with Gasteiger partial charge >= 0.3 is 0 Å². The van der Waals surface area contributed by atoms with Gasteiger partial charge in [-0.2, -0.15) is 5.26 Å². The summed E-state index contributed by atoms with van der Waals surface area (Å²) in [5.41, 5.74) is 1.96. The second-order valence-electron chi connectivity index (χ2n) is 7.56. The molecule has 5 heteroatoms. The normalized spacial score (nSPS) is 22.2. The number of carbonyl (C=O) groups is 1. The zero-order valence-electron chi connectivity index (χ0n) is 16.0. The second-order valence-corrected chi connectivity index (χ2v) is 8.63. The SMILES string of the molecule is N#CC1(c2ccccc2)CCN(CCN2C(=O)CSC2c2ccccc2)CC1. The average molecular weight is 392 g/mol. The molecule has 0 aliphatic carbocycles. The lowest BCUT2D eigenvalue weighted by Gasteiger charge is -2.38. The van der Waals surface area contributed by atoms with Crippen molar-refractivity contribution in [3.63, 3.8) is 0 Å². The predicted octanol–water partition coefficient (Wildman–Crippen LogP) is 3.82. The third-order valence-electron chi connectivity index (χ3n) is 5.96. The van der Waals surface area contributed by atoms with E-state index >= 15 is 0 Å². The Kier molecular flexibility index (Phi) is 5.70. The molecule has 2 saturated heterocycles. The number of hydrogen-bond acceptors (Lipinski definition) is 4. The van der Waals surface area contributed by atoms with E-state index in [1.54, 1.807) is 11.8 Å². The highest BCUT2D eigenvalue weighted by Gasteiger charge is 2.37. The summed E-state index contributed by atoms with van der Waals surface area (Å²) in [6.07, 6.45) is 1.69. The van der Waals surface area contributed by atoms with Crippen molar-refractivity contribution in [2.75, 3.05) is 31.9 Å². The van der Waals surface area contributed by atoms with Crippen molar-refractivity contribution in [2.24, 2.45) is 0 Å². The highest BCUT2D eigenvalue weighted by molar-refractivity contribution is 8.00.